The van der Waals surface area contributed by atoms with Crippen LogP contribution in [0.4, 0.5) is 5.00 Å². The van der Waals surface area contributed by atoms with Crippen LogP contribution in [0.5, 0.6) is 0 Å². The van der Waals surface area contributed by atoms with E-state index in [1.54, 1.807) is 12.1 Å². The van der Waals surface area contributed by atoms with Crippen molar-refractivity contribution in [2.75, 3.05) is 5.73 Å². The second-order valence-electron chi connectivity index (χ2n) is 3.89. The molecular weight excluding hydrogens is 291 g/mol. The quantitative estimate of drug-likeness (QED) is 0.705. The van der Waals surface area contributed by atoms with Gasteiger partial charge in [-0.2, -0.15) is 0 Å². The Hall–Kier alpha value is -1.23. The van der Waals surface area contributed by atoms with Crippen molar-refractivity contribution in [3.05, 3.63) is 33.1 Å². The number of fused-ring (bicyclic) bond motifs is 1. The van der Waals surface area contributed by atoms with E-state index in [4.69, 9.17) is 33.4 Å². The molecule has 2 heterocycles. The molecule has 2 aromatic heterocycles. The van der Waals surface area contributed by atoms with Crippen molar-refractivity contribution in [1.82, 2.24) is 4.98 Å². The number of thiophene rings is 1. The molecule has 3 aromatic rings. The number of aryl methyl sites for hydroxylation is 1. The Balaban J connectivity index is 2.25. The van der Waals surface area contributed by atoms with E-state index < -0.39 is 0 Å². The first-order chi connectivity index (χ1) is 8.54. The number of halogens is 2. The predicted molar refractivity (Wildman–Crippen MR) is 76.5 cm³/mol. The van der Waals surface area contributed by atoms with Gasteiger partial charge < -0.3 is 10.2 Å². The van der Waals surface area contributed by atoms with Crippen LogP contribution in [0.2, 0.25) is 10.0 Å². The van der Waals surface area contributed by atoms with E-state index in [-0.39, 0.29) is 0 Å². The molecule has 3 nitrogen and oxygen atoms in total. The topological polar surface area (TPSA) is 52.0 Å². The van der Waals surface area contributed by atoms with Gasteiger partial charge in [0.25, 0.3) is 0 Å². The lowest BCUT2D eigenvalue weighted by atomic mass is 10.3. The van der Waals surface area contributed by atoms with Crippen molar-refractivity contribution < 1.29 is 4.42 Å². The number of nitrogens with zero attached hydrogens (tertiary/aromatic N) is 1. The van der Waals surface area contributed by atoms with Crippen molar-refractivity contribution >= 4 is 50.6 Å². The van der Waals surface area contributed by atoms with Crippen LogP contribution in [0.1, 0.15) is 4.88 Å². The molecule has 0 amide bonds. The van der Waals surface area contributed by atoms with Gasteiger partial charge >= 0.3 is 0 Å². The Kier molecular flexibility index (Phi) is 2.73. The van der Waals surface area contributed by atoms with E-state index in [1.807, 2.05) is 13.0 Å². The van der Waals surface area contributed by atoms with Gasteiger partial charge in [0.2, 0.25) is 5.89 Å². The molecule has 0 aliphatic carbocycles. The van der Waals surface area contributed by atoms with Crippen molar-refractivity contribution in [2.45, 2.75) is 6.92 Å². The van der Waals surface area contributed by atoms with E-state index in [0.717, 1.165) is 10.4 Å². The van der Waals surface area contributed by atoms with Gasteiger partial charge in [0.1, 0.15) is 5.52 Å². The largest absolute Gasteiger partial charge is 0.434 e. The van der Waals surface area contributed by atoms with Gasteiger partial charge in [-0.05, 0) is 25.1 Å². The van der Waals surface area contributed by atoms with Gasteiger partial charge in [-0.3, -0.25) is 0 Å². The molecule has 0 aliphatic heterocycles. The lowest BCUT2D eigenvalue weighted by molar-refractivity contribution is 0.620. The summed E-state index contributed by atoms with van der Waals surface area (Å²) in [4.78, 5) is 5.48. The van der Waals surface area contributed by atoms with Crippen LogP contribution in [0, 0.1) is 6.92 Å². The smallest absolute Gasteiger partial charge is 0.230 e. The van der Waals surface area contributed by atoms with Crippen LogP contribution in [0.25, 0.3) is 22.6 Å². The average molecular weight is 299 g/mol. The molecule has 3 rings (SSSR count). The van der Waals surface area contributed by atoms with Crippen molar-refractivity contribution in [3.63, 3.8) is 0 Å². The second kappa shape index (κ2) is 4.16. The zero-order valence-electron chi connectivity index (χ0n) is 9.33. The Bertz CT molecular complexity index is 748. The molecule has 18 heavy (non-hydrogen) atoms. The molecule has 0 saturated carbocycles. The van der Waals surface area contributed by atoms with Crippen LogP contribution in [-0.2, 0) is 0 Å². The second-order valence-corrected chi connectivity index (χ2v) is 6.02. The Morgan fingerprint density at radius 1 is 1.28 bits per heavy atom. The molecule has 92 valence electrons. The molecule has 1 aromatic carbocycles. The summed E-state index contributed by atoms with van der Waals surface area (Å²) in [5, 5.41) is 1.66. The van der Waals surface area contributed by atoms with Crippen molar-refractivity contribution in [3.8, 4) is 11.5 Å². The summed E-state index contributed by atoms with van der Waals surface area (Å²) >= 11 is 13.5. The number of nitrogens with two attached hydrogens (primary N) is 1. The summed E-state index contributed by atoms with van der Waals surface area (Å²) in [5.74, 6) is 0.469. The number of aromatic nitrogens is 1. The maximum atomic E-state index is 6.06. The molecule has 0 radical (unpaired) electrons. The first-order valence-electron chi connectivity index (χ1n) is 5.16. The maximum absolute atomic E-state index is 6.06. The Morgan fingerprint density at radius 2 is 2.06 bits per heavy atom. The first-order valence-corrected chi connectivity index (χ1v) is 6.73. The minimum atomic E-state index is 0.446. The number of rotatable bonds is 1. The lowest BCUT2D eigenvalue weighted by Crippen LogP contribution is -1.82. The van der Waals surface area contributed by atoms with E-state index in [1.165, 1.54) is 11.3 Å². The fourth-order valence-electron chi connectivity index (χ4n) is 1.77. The minimum absolute atomic E-state index is 0.446. The molecule has 0 unspecified atom stereocenters. The van der Waals surface area contributed by atoms with Crippen LogP contribution in [0.15, 0.2) is 22.6 Å². The highest BCUT2D eigenvalue weighted by molar-refractivity contribution is 7.16. The summed E-state index contributed by atoms with van der Waals surface area (Å²) in [6.45, 7) is 1.98. The number of benzene rings is 1. The van der Waals surface area contributed by atoms with Crippen LogP contribution in [-0.4, -0.2) is 4.98 Å². The number of hydrogen-bond donors (Lipinski definition) is 1. The number of hydrogen-bond acceptors (Lipinski definition) is 4. The number of oxazole rings is 1. The third-order valence-corrected chi connectivity index (χ3v) is 3.90. The fraction of sp³-hybridized carbons (Fsp3) is 0.0833. The first kappa shape index (κ1) is 11.8. The summed E-state index contributed by atoms with van der Waals surface area (Å²) in [7, 11) is 0. The van der Waals surface area contributed by atoms with Gasteiger partial charge in [0, 0.05) is 9.90 Å². The molecule has 0 atom stereocenters. The Labute approximate surface area is 117 Å². The predicted octanol–water partition coefficient (Wildman–Crippen LogP) is 4.75. The van der Waals surface area contributed by atoms with E-state index in [2.05, 4.69) is 4.98 Å². The normalized spacial score (nSPS) is 11.3. The molecule has 0 spiro atoms. The zero-order valence-corrected chi connectivity index (χ0v) is 11.7. The van der Waals surface area contributed by atoms with E-state index in [9.17, 15) is 0 Å². The standard InChI is InChI=1S/C12H8Cl2N2OS/c1-5-2-7(11(15)18-5)12-16-9-4-6(13)3-8(14)10(9)17-12/h2-4H,15H2,1H3. The summed E-state index contributed by atoms with van der Waals surface area (Å²) < 4.78 is 5.66. The number of anilines is 1. The third kappa shape index (κ3) is 1.86. The SMILES string of the molecule is Cc1cc(-c2nc3cc(Cl)cc(Cl)c3o2)c(N)s1. The summed E-state index contributed by atoms with van der Waals surface area (Å²) in [6, 6.07) is 5.29. The van der Waals surface area contributed by atoms with Crippen molar-refractivity contribution in [1.29, 1.82) is 0 Å². The third-order valence-electron chi connectivity index (χ3n) is 2.52. The van der Waals surface area contributed by atoms with Crippen molar-refractivity contribution in [2.24, 2.45) is 0 Å². The van der Waals surface area contributed by atoms with Gasteiger partial charge in [-0.15, -0.1) is 11.3 Å². The number of nitrogen functional groups attached to an aromatic ring is 1. The Morgan fingerprint density at radius 3 is 2.72 bits per heavy atom. The maximum Gasteiger partial charge on any atom is 0.230 e. The lowest BCUT2D eigenvalue weighted by Gasteiger charge is -1.92. The van der Waals surface area contributed by atoms with Crippen LogP contribution < -0.4 is 5.73 Å². The van der Waals surface area contributed by atoms with Crippen LogP contribution in [0.3, 0.4) is 0 Å². The van der Waals surface area contributed by atoms with E-state index >= 15 is 0 Å². The van der Waals surface area contributed by atoms with Gasteiger partial charge in [-0.25, -0.2) is 4.98 Å². The molecule has 2 N–H and O–H groups in total. The summed E-state index contributed by atoms with van der Waals surface area (Å²) in [6.07, 6.45) is 0. The fourth-order valence-corrected chi connectivity index (χ4v) is 3.08. The highest BCUT2D eigenvalue weighted by Gasteiger charge is 2.15. The van der Waals surface area contributed by atoms with Gasteiger partial charge in [-0.1, -0.05) is 23.2 Å². The van der Waals surface area contributed by atoms with E-state index in [0.29, 0.717) is 32.0 Å². The monoisotopic (exact) mass is 298 g/mol. The molecule has 6 heteroatoms. The highest BCUT2D eigenvalue weighted by Crippen LogP contribution is 2.37. The van der Waals surface area contributed by atoms with Gasteiger partial charge in [0.05, 0.1) is 15.6 Å². The summed E-state index contributed by atoms with van der Waals surface area (Å²) in [5.41, 5.74) is 7.87. The average Bonchev–Trinajstić information content (AvgIpc) is 2.81. The van der Waals surface area contributed by atoms with Gasteiger partial charge in [0.15, 0.2) is 5.58 Å². The molecular formula is C12H8Cl2N2OS. The zero-order chi connectivity index (χ0) is 12.9. The molecule has 0 saturated heterocycles. The molecule has 0 fully saturated rings. The highest BCUT2D eigenvalue weighted by atomic mass is 35.5. The van der Waals surface area contributed by atoms with Crippen LogP contribution >= 0.6 is 34.5 Å². The molecule has 0 bridgehead atoms. The minimum Gasteiger partial charge on any atom is -0.434 e. The molecule has 0 aliphatic rings.